The molecule has 0 bridgehead atoms. The second-order valence-electron chi connectivity index (χ2n) is 4.09. The van der Waals surface area contributed by atoms with Crippen LogP contribution in [0.4, 0.5) is 14.5 Å². The minimum atomic E-state index is -2.89. The van der Waals surface area contributed by atoms with Crippen LogP contribution in [0.25, 0.3) is 0 Å². The smallest absolute Gasteiger partial charge is 0.387 e. The van der Waals surface area contributed by atoms with Gasteiger partial charge >= 0.3 is 6.61 Å². The van der Waals surface area contributed by atoms with Crippen LogP contribution in [0, 0.1) is 6.92 Å². The zero-order valence-corrected chi connectivity index (χ0v) is 10.2. The molecule has 0 aliphatic heterocycles. The Bertz CT molecular complexity index is 423. The molecule has 1 aromatic carbocycles. The van der Waals surface area contributed by atoms with Gasteiger partial charge in [-0.15, -0.1) is 0 Å². The van der Waals surface area contributed by atoms with Crippen molar-refractivity contribution < 1.29 is 18.3 Å². The maximum absolute atomic E-state index is 12.1. The molecule has 0 saturated carbocycles. The number of nitrogens with one attached hydrogen (secondary N) is 1. The molecule has 0 aliphatic rings. The number of amides is 1. The van der Waals surface area contributed by atoms with E-state index in [-0.39, 0.29) is 24.1 Å². The monoisotopic (exact) mass is 258 g/mol. The molecule has 0 aliphatic carbocycles. The minimum absolute atomic E-state index is 0.0450. The standard InChI is InChI=1S/C12H16F2N2O2/c1-7-3-4-9(6-10(7)18-12(13)14)16-11(17)5-8(2)15/h3-4,6,8,12H,5,15H2,1-2H3,(H,16,17). The maximum Gasteiger partial charge on any atom is 0.387 e. The molecular formula is C12H16F2N2O2. The van der Waals surface area contributed by atoms with Gasteiger partial charge in [-0.1, -0.05) is 6.07 Å². The number of ether oxygens (including phenoxy) is 1. The van der Waals surface area contributed by atoms with Crippen LogP contribution >= 0.6 is 0 Å². The van der Waals surface area contributed by atoms with Crippen molar-refractivity contribution in [3.63, 3.8) is 0 Å². The van der Waals surface area contributed by atoms with Crippen molar-refractivity contribution in [2.45, 2.75) is 32.9 Å². The lowest BCUT2D eigenvalue weighted by molar-refractivity contribution is -0.116. The minimum Gasteiger partial charge on any atom is -0.434 e. The molecule has 0 heterocycles. The predicted octanol–water partition coefficient (Wildman–Crippen LogP) is 2.27. The van der Waals surface area contributed by atoms with E-state index in [9.17, 15) is 13.6 Å². The summed E-state index contributed by atoms with van der Waals surface area (Å²) in [6.45, 7) is 0.462. The first-order valence-corrected chi connectivity index (χ1v) is 5.49. The number of rotatable bonds is 5. The number of hydrogen-bond donors (Lipinski definition) is 2. The SMILES string of the molecule is Cc1ccc(NC(=O)CC(C)N)cc1OC(F)F. The number of alkyl halides is 2. The van der Waals surface area contributed by atoms with E-state index in [1.165, 1.54) is 6.07 Å². The van der Waals surface area contributed by atoms with Crippen molar-refractivity contribution in [1.82, 2.24) is 0 Å². The van der Waals surface area contributed by atoms with E-state index in [1.54, 1.807) is 26.0 Å². The normalized spacial score (nSPS) is 12.3. The fourth-order valence-electron chi connectivity index (χ4n) is 1.41. The van der Waals surface area contributed by atoms with E-state index in [0.717, 1.165) is 0 Å². The third kappa shape index (κ3) is 4.67. The number of carbonyl (C=O) groups is 1. The van der Waals surface area contributed by atoms with Gasteiger partial charge < -0.3 is 15.8 Å². The van der Waals surface area contributed by atoms with Crippen LogP contribution in [0.15, 0.2) is 18.2 Å². The highest BCUT2D eigenvalue weighted by atomic mass is 19.3. The average molecular weight is 258 g/mol. The molecular weight excluding hydrogens is 242 g/mol. The average Bonchev–Trinajstić information content (AvgIpc) is 2.21. The van der Waals surface area contributed by atoms with E-state index in [0.29, 0.717) is 11.3 Å². The lowest BCUT2D eigenvalue weighted by Gasteiger charge is -2.11. The first-order chi connectivity index (χ1) is 8.38. The molecule has 1 atom stereocenters. The largest absolute Gasteiger partial charge is 0.434 e. The molecule has 4 nitrogen and oxygen atoms in total. The molecule has 0 spiro atoms. The zero-order valence-electron chi connectivity index (χ0n) is 10.2. The van der Waals surface area contributed by atoms with Gasteiger partial charge in [0.15, 0.2) is 0 Å². The number of halogens is 2. The van der Waals surface area contributed by atoms with E-state index < -0.39 is 6.61 Å². The van der Waals surface area contributed by atoms with Gasteiger partial charge in [-0.25, -0.2) is 0 Å². The molecule has 0 fully saturated rings. The van der Waals surface area contributed by atoms with Crippen molar-refractivity contribution >= 4 is 11.6 Å². The molecule has 0 saturated heterocycles. The Balaban J connectivity index is 2.75. The first-order valence-electron chi connectivity index (χ1n) is 5.49. The van der Waals surface area contributed by atoms with E-state index in [1.807, 2.05) is 0 Å². The quantitative estimate of drug-likeness (QED) is 0.851. The summed E-state index contributed by atoms with van der Waals surface area (Å²) >= 11 is 0. The van der Waals surface area contributed by atoms with Crippen molar-refractivity contribution in [1.29, 1.82) is 0 Å². The summed E-state index contributed by atoms with van der Waals surface area (Å²) in [7, 11) is 0. The van der Waals surface area contributed by atoms with Crippen LogP contribution in [-0.2, 0) is 4.79 Å². The van der Waals surface area contributed by atoms with Gasteiger partial charge in [0.1, 0.15) is 5.75 Å². The number of anilines is 1. The highest BCUT2D eigenvalue weighted by molar-refractivity contribution is 5.91. The van der Waals surface area contributed by atoms with Gasteiger partial charge in [0.05, 0.1) is 0 Å². The second kappa shape index (κ2) is 6.30. The summed E-state index contributed by atoms with van der Waals surface area (Å²) in [5.74, 6) is -0.222. The van der Waals surface area contributed by atoms with E-state index >= 15 is 0 Å². The molecule has 18 heavy (non-hydrogen) atoms. The molecule has 0 radical (unpaired) electrons. The Morgan fingerprint density at radius 2 is 2.17 bits per heavy atom. The van der Waals surface area contributed by atoms with Crippen LogP contribution in [0.3, 0.4) is 0 Å². The van der Waals surface area contributed by atoms with Crippen molar-refractivity contribution in [2.24, 2.45) is 5.73 Å². The van der Waals surface area contributed by atoms with Crippen molar-refractivity contribution in [3.8, 4) is 5.75 Å². The van der Waals surface area contributed by atoms with Crippen molar-refractivity contribution in [2.75, 3.05) is 5.32 Å². The Morgan fingerprint density at radius 3 is 2.72 bits per heavy atom. The van der Waals surface area contributed by atoms with Gasteiger partial charge in [-0.05, 0) is 25.5 Å². The highest BCUT2D eigenvalue weighted by Gasteiger charge is 2.10. The molecule has 1 amide bonds. The summed E-state index contributed by atoms with van der Waals surface area (Å²) < 4.78 is 28.6. The molecule has 100 valence electrons. The molecule has 1 rings (SSSR count). The zero-order chi connectivity index (χ0) is 13.7. The Morgan fingerprint density at radius 1 is 1.50 bits per heavy atom. The Kier molecular flexibility index (Phi) is 5.03. The van der Waals surface area contributed by atoms with Crippen LogP contribution in [0.5, 0.6) is 5.75 Å². The molecule has 3 N–H and O–H groups in total. The third-order valence-electron chi connectivity index (χ3n) is 2.20. The van der Waals surface area contributed by atoms with Crippen LogP contribution in [0.1, 0.15) is 18.9 Å². The van der Waals surface area contributed by atoms with Crippen LogP contribution in [-0.4, -0.2) is 18.6 Å². The fraction of sp³-hybridized carbons (Fsp3) is 0.417. The Hall–Kier alpha value is -1.69. The van der Waals surface area contributed by atoms with Gasteiger partial charge in [0, 0.05) is 24.2 Å². The number of carbonyl (C=O) groups excluding carboxylic acids is 1. The number of nitrogens with two attached hydrogens (primary N) is 1. The lowest BCUT2D eigenvalue weighted by atomic mass is 10.2. The number of benzene rings is 1. The number of aryl methyl sites for hydroxylation is 1. The summed E-state index contributed by atoms with van der Waals surface area (Å²) in [6.07, 6.45) is 0.166. The van der Waals surface area contributed by atoms with Crippen LogP contribution in [0.2, 0.25) is 0 Å². The summed E-state index contributed by atoms with van der Waals surface area (Å²) in [4.78, 5) is 11.5. The third-order valence-corrected chi connectivity index (χ3v) is 2.20. The van der Waals surface area contributed by atoms with Gasteiger partial charge in [0.25, 0.3) is 0 Å². The molecule has 1 aromatic rings. The lowest BCUT2D eigenvalue weighted by Crippen LogP contribution is -2.24. The highest BCUT2D eigenvalue weighted by Crippen LogP contribution is 2.24. The van der Waals surface area contributed by atoms with Crippen molar-refractivity contribution in [3.05, 3.63) is 23.8 Å². The first kappa shape index (κ1) is 14.4. The fourth-order valence-corrected chi connectivity index (χ4v) is 1.41. The van der Waals surface area contributed by atoms with E-state index in [4.69, 9.17) is 5.73 Å². The summed E-state index contributed by atoms with van der Waals surface area (Å²) in [5, 5.41) is 2.57. The van der Waals surface area contributed by atoms with Gasteiger partial charge in [-0.3, -0.25) is 4.79 Å². The second-order valence-corrected chi connectivity index (χ2v) is 4.09. The molecule has 6 heteroatoms. The number of hydrogen-bond acceptors (Lipinski definition) is 3. The molecule has 1 unspecified atom stereocenters. The topological polar surface area (TPSA) is 64.4 Å². The Labute approximate surface area is 104 Å². The summed E-state index contributed by atoms with van der Waals surface area (Å²) in [5.41, 5.74) is 6.46. The van der Waals surface area contributed by atoms with Gasteiger partial charge in [0.2, 0.25) is 5.91 Å². The molecule has 0 aromatic heterocycles. The summed E-state index contributed by atoms with van der Waals surface area (Å²) in [6, 6.07) is 4.32. The van der Waals surface area contributed by atoms with Gasteiger partial charge in [-0.2, -0.15) is 8.78 Å². The van der Waals surface area contributed by atoms with E-state index in [2.05, 4.69) is 10.1 Å². The maximum atomic E-state index is 12.1. The van der Waals surface area contributed by atoms with Crippen LogP contribution < -0.4 is 15.8 Å². The predicted molar refractivity (Wildman–Crippen MR) is 64.7 cm³/mol.